The molecule has 0 radical (unpaired) electrons. The van der Waals surface area contributed by atoms with Gasteiger partial charge in [-0.2, -0.15) is 0 Å². The first kappa shape index (κ1) is 17.1. The predicted molar refractivity (Wildman–Crippen MR) is 86.3 cm³/mol. The Balaban J connectivity index is 1.94. The van der Waals surface area contributed by atoms with Gasteiger partial charge < -0.3 is 14.7 Å². The molecule has 0 spiro atoms. The zero-order valence-electron chi connectivity index (χ0n) is 12.9. The van der Waals surface area contributed by atoms with E-state index in [-0.39, 0.29) is 12.5 Å². The maximum atomic E-state index is 12.6. The van der Waals surface area contributed by atoms with E-state index in [1.165, 1.54) is 0 Å². The number of halogens is 1. The Bertz CT molecular complexity index is 490. The molecule has 1 unspecified atom stereocenters. The number of nitrogens with zero attached hydrogens (tertiary/aromatic N) is 2. The van der Waals surface area contributed by atoms with Crippen LogP contribution in [0.4, 0.5) is 0 Å². The summed E-state index contributed by atoms with van der Waals surface area (Å²) in [5.41, 5.74) is 0. The minimum absolute atomic E-state index is 0.00562. The van der Waals surface area contributed by atoms with E-state index in [2.05, 4.69) is 4.90 Å². The van der Waals surface area contributed by atoms with Gasteiger partial charge in [-0.15, -0.1) is 0 Å². The molecule has 1 heterocycles. The topological polar surface area (TPSA) is 53.0 Å². The van der Waals surface area contributed by atoms with Crippen molar-refractivity contribution in [2.24, 2.45) is 0 Å². The minimum atomic E-state index is -0.510. The van der Waals surface area contributed by atoms with Gasteiger partial charge in [-0.3, -0.25) is 9.69 Å². The van der Waals surface area contributed by atoms with Crippen LogP contribution >= 0.6 is 11.6 Å². The molecule has 1 aliphatic heterocycles. The van der Waals surface area contributed by atoms with Gasteiger partial charge in [-0.1, -0.05) is 30.7 Å². The Hall–Kier alpha value is -1.30. The lowest BCUT2D eigenvalue weighted by Crippen LogP contribution is -2.52. The van der Waals surface area contributed by atoms with E-state index in [1.54, 1.807) is 12.1 Å². The molecule has 22 heavy (non-hydrogen) atoms. The molecule has 0 aliphatic carbocycles. The number of hydrogen-bond acceptors (Lipinski definition) is 4. The molecule has 2 rings (SSSR count). The van der Waals surface area contributed by atoms with Crippen LogP contribution in [0.3, 0.4) is 0 Å². The molecule has 5 nitrogen and oxygen atoms in total. The third-order valence-electron chi connectivity index (χ3n) is 3.85. The van der Waals surface area contributed by atoms with E-state index < -0.39 is 6.10 Å². The van der Waals surface area contributed by atoms with Crippen molar-refractivity contribution in [1.82, 2.24) is 9.80 Å². The van der Waals surface area contributed by atoms with Crippen molar-refractivity contribution < 1.29 is 14.6 Å². The summed E-state index contributed by atoms with van der Waals surface area (Å²) in [5, 5.41) is 9.47. The number of amides is 1. The second-order valence-electron chi connectivity index (χ2n) is 5.34. The highest BCUT2D eigenvalue weighted by atomic mass is 35.5. The molecular weight excluding hydrogens is 304 g/mol. The average molecular weight is 327 g/mol. The number of rotatable bonds is 6. The molecule has 1 aromatic carbocycles. The Labute approximate surface area is 136 Å². The molecule has 1 aliphatic rings. The number of para-hydroxylation sites is 1. The lowest BCUT2D eigenvalue weighted by molar-refractivity contribution is -0.140. The number of carbonyl (C=O) groups excluding carboxylic acids is 1. The van der Waals surface area contributed by atoms with Crippen LogP contribution in [-0.2, 0) is 4.79 Å². The smallest absolute Gasteiger partial charge is 0.263 e. The van der Waals surface area contributed by atoms with Crippen molar-refractivity contribution in [3.63, 3.8) is 0 Å². The standard InChI is InChI=1S/C16H23ClN2O3/c1-2-14(22-15-6-4-3-5-13(15)17)16(21)19-9-7-18(8-10-19)11-12-20/h3-6,14,20H,2,7-12H2,1H3. The molecule has 1 atom stereocenters. The summed E-state index contributed by atoms with van der Waals surface area (Å²) in [7, 11) is 0. The molecule has 0 aromatic heterocycles. The van der Waals surface area contributed by atoms with Crippen molar-refractivity contribution in [3.05, 3.63) is 29.3 Å². The number of ether oxygens (including phenoxy) is 1. The molecule has 0 saturated carbocycles. The monoisotopic (exact) mass is 326 g/mol. The number of aliphatic hydroxyl groups is 1. The first-order chi connectivity index (χ1) is 10.7. The van der Waals surface area contributed by atoms with Gasteiger partial charge in [0.05, 0.1) is 11.6 Å². The molecular formula is C16H23ClN2O3. The summed E-state index contributed by atoms with van der Waals surface area (Å²) in [6.07, 6.45) is 0.0882. The minimum Gasteiger partial charge on any atom is -0.479 e. The highest BCUT2D eigenvalue weighted by Crippen LogP contribution is 2.25. The van der Waals surface area contributed by atoms with Gasteiger partial charge in [0, 0.05) is 32.7 Å². The lowest BCUT2D eigenvalue weighted by atomic mass is 10.2. The van der Waals surface area contributed by atoms with Crippen LogP contribution in [0, 0.1) is 0 Å². The molecule has 122 valence electrons. The Kier molecular flexibility index (Phi) is 6.49. The first-order valence-corrected chi connectivity index (χ1v) is 8.06. The Morgan fingerprint density at radius 2 is 2.00 bits per heavy atom. The van der Waals surface area contributed by atoms with Gasteiger partial charge in [-0.05, 0) is 18.6 Å². The number of carbonyl (C=O) groups is 1. The van der Waals surface area contributed by atoms with E-state index in [1.807, 2.05) is 24.0 Å². The van der Waals surface area contributed by atoms with Crippen molar-refractivity contribution in [1.29, 1.82) is 0 Å². The summed E-state index contributed by atoms with van der Waals surface area (Å²) >= 11 is 6.09. The fourth-order valence-electron chi connectivity index (χ4n) is 2.54. The van der Waals surface area contributed by atoms with Crippen LogP contribution < -0.4 is 4.74 Å². The van der Waals surface area contributed by atoms with Gasteiger partial charge in [0.15, 0.2) is 6.10 Å². The second kappa shape index (κ2) is 8.36. The molecule has 1 aromatic rings. The predicted octanol–water partition coefficient (Wildman–Crippen LogP) is 1.63. The molecule has 1 N–H and O–H groups in total. The summed E-state index contributed by atoms with van der Waals surface area (Å²) < 4.78 is 5.81. The van der Waals surface area contributed by atoms with E-state index in [0.717, 1.165) is 13.1 Å². The van der Waals surface area contributed by atoms with Crippen LogP contribution in [0.5, 0.6) is 5.75 Å². The highest BCUT2D eigenvalue weighted by molar-refractivity contribution is 6.32. The van der Waals surface area contributed by atoms with Crippen molar-refractivity contribution in [3.8, 4) is 5.75 Å². The van der Waals surface area contributed by atoms with E-state index in [0.29, 0.717) is 36.8 Å². The zero-order valence-corrected chi connectivity index (χ0v) is 13.6. The quantitative estimate of drug-likeness (QED) is 0.863. The number of piperazine rings is 1. The Morgan fingerprint density at radius 1 is 1.32 bits per heavy atom. The number of benzene rings is 1. The van der Waals surface area contributed by atoms with Crippen molar-refractivity contribution >= 4 is 17.5 Å². The van der Waals surface area contributed by atoms with E-state index in [9.17, 15) is 4.79 Å². The van der Waals surface area contributed by atoms with E-state index in [4.69, 9.17) is 21.4 Å². The molecule has 1 amide bonds. The molecule has 0 bridgehead atoms. The third-order valence-corrected chi connectivity index (χ3v) is 4.16. The summed E-state index contributed by atoms with van der Waals surface area (Å²) in [6.45, 7) is 5.66. The van der Waals surface area contributed by atoms with Crippen LogP contribution in [0.1, 0.15) is 13.3 Å². The fraction of sp³-hybridized carbons (Fsp3) is 0.562. The number of hydrogen-bond donors (Lipinski definition) is 1. The van der Waals surface area contributed by atoms with Gasteiger partial charge in [0.1, 0.15) is 5.75 Å². The first-order valence-electron chi connectivity index (χ1n) is 7.69. The van der Waals surface area contributed by atoms with Crippen LogP contribution in [-0.4, -0.2) is 66.2 Å². The second-order valence-corrected chi connectivity index (χ2v) is 5.74. The number of aliphatic hydroxyl groups excluding tert-OH is 1. The molecule has 1 saturated heterocycles. The highest BCUT2D eigenvalue weighted by Gasteiger charge is 2.28. The maximum Gasteiger partial charge on any atom is 0.263 e. The summed E-state index contributed by atoms with van der Waals surface area (Å²) in [4.78, 5) is 16.6. The van der Waals surface area contributed by atoms with Crippen LogP contribution in [0.2, 0.25) is 5.02 Å². The van der Waals surface area contributed by atoms with E-state index >= 15 is 0 Å². The van der Waals surface area contributed by atoms with Gasteiger partial charge >= 0.3 is 0 Å². The van der Waals surface area contributed by atoms with Gasteiger partial charge in [0.25, 0.3) is 5.91 Å². The van der Waals surface area contributed by atoms with Gasteiger partial charge in [-0.25, -0.2) is 0 Å². The fourth-order valence-corrected chi connectivity index (χ4v) is 2.72. The summed E-state index contributed by atoms with van der Waals surface area (Å²) in [5.74, 6) is 0.550. The van der Waals surface area contributed by atoms with Gasteiger partial charge in [0.2, 0.25) is 0 Å². The zero-order chi connectivity index (χ0) is 15.9. The molecule has 1 fully saturated rings. The normalized spacial score (nSPS) is 17.3. The number of β-amino-alcohol motifs (C(OH)–C–C–N with tert-alkyl or cyclic N) is 1. The SMILES string of the molecule is CCC(Oc1ccccc1Cl)C(=O)N1CCN(CCO)CC1. The van der Waals surface area contributed by atoms with Crippen LogP contribution in [0.25, 0.3) is 0 Å². The Morgan fingerprint density at radius 3 is 2.59 bits per heavy atom. The lowest BCUT2D eigenvalue weighted by Gasteiger charge is -2.36. The largest absolute Gasteiger partial charge is 0.479 e. The third kappa shape index (κ3) is 4.35. The van der Waals surface area contributed by atoms with Crippen LogP contribution in [0.15, 0.2) is 24.3 Å². The van der Waals surface area contributed by atoms with Crippen molar-refractivity contribution in [2.45, 2.75) is 19.4 Å². The molecule has 6 heteroatoms. The summed E-state index contributed by atoms with van der Waals surface area (Å²) in [6, 6.07) is 7.20. The average Bonchev–Trinajstić information content (AvgIpc) is 2.54. The maximum absolute atomic E-state index is 12.6. The van der Waals surface area contributed by atoms with Crippen molar-refractivity contribution in [2.75, 3.05) is 39.3 Å².